The third-order valence-electron chi connectivity index (χ3n) is 4.05. The van der Waals surface area contributed by atoms with Crippen LogP contribution in [0.15, 0.2) is 34.2 Å². The smallest absolute Gasteiger partial charge is 0.132 e. The van der Waals surface area contributed by atoms with E-state index < -0.39 is 10.0 Å². The van der Waals surface area contributed by atoms with E-state index >= 15 is 0 Å². The van der Waals surface area contributed by atoms with Crippen LogP contribution in [0.25, 0.3) is 0 Å². The fraction of sp³-hybridized carbons (Fsp3) is 0.588. The number of aliphatic imine (C=N–C) groups is 1. The molecular formula is C17H28N2S2. The van der Waals surface area contributed by atoms with Gasteiger partial charge in [-0.25, -0.2) is 4.99 Å². The second kappa shape index (κ2) is 6.76. The van der Waals surface area contributed by atoms with E-state index in [0.717, 1.165) is 12.2 Å². The molecule has 2 rings (SSSR count). The standard InChI is InChI=1S/C17H28N2S2/c1-6-11-17(2,3)12-13-18-20-16-19-14-9-7-8-10-15(14)21(16,4)5/h7-10,18H,6,11-13H2,1-5H3. The Bertz CT molecular complexity index is 521. The Morgan fingerprint density at radius 1 is 1.19 bits per heavy atom. The summed E-state index contributed by atoms with van der Waals surface area (Å²) >= 11 is 1.74. The molecule has 0 radical (unpaired) electrons. The van der Waals surface area contributed by atoms with Crippen molar-refractivity contribution in [3.8, 4) is 0 Å². The van der Waals surface area contributed by atoms with Crippen LogP contribution >= 0.6 is 22.0 Å². The second-order valence-corrected chi connectivity index (χ2v) is 11.5. The van der Waals surface area contributed by atoms with E-state index in [2.05, 4.69) is 62.3 Å². The van der Waals surface area contributed by atoms with Gasteiger partial charge in [-0.3, -0.25) is 4.72 Å². The molecule has 1 heterocycles. The van der Waals surface area contributed by atoms with Gasteiger partial charge in [0.05, 0.1) is 5.69 Å². The monoisotopic (exact) mass is 324 g/mol. The van der Waals surface area contributed by atoms with Crippen LogP contribution in [-0.2, 0) is 0 Å². The van der Waals surface area contributed by atoms with Crippen molar-refractivity contribution in [3.63, 3.8) is 0 Å². The molecule has 1 aromatic carbocycles. The summed E-state index contributed by atoms with van der Waals surface area (Å²) in [7, 11) is -0.922. The number of hydrogen-bond acceptors (Lipinski definition) is 3. The summed E-state index contributed by atoms with van der Waals surface area (Å²) in [4.78, 5) is 6.25. The van der Waals surface area contributed by atoms with Crippen LogP contribution in [0.3, 0.4) is 0 Å². The second-order valence-electron chi connectivity index (χ2n) is 6.83. The van der Waals surface area contributed by atoms with Crippen LogP contribution in [0.1, 0.15) is 40.0 Å². The Morgan fingerprint density at radius 2 is 1.90 bits per heavy atom. The lowest BCUT2D eigenvalue weighted by molar-refractivity contribution is 0.307. The van der Waals surface area contributed by atoms with Crippen LogP contribution in [0.5, 0.6) is 0 Å². The molecule has 4 heteroatoms. The summed E-state index contributed by atoms with van der Waals surface area (Å²) in [5, 5.41) is 0. The first-order valence-electron chi connectivity index (χ1n) is 7.68. The van der Waals surface area contributed by atoms with E-state index in [1.165, 1.54) is 28.5 Å². The quantitative estimate of drug-likeness (QED) is 0.420. The number of benzene rings is 1. The minimum Gasteiger partial charge on any atom is -0.258 e. The first-order valence-corrected chi connectivity index (χ1v) is 10.9. The van der Waals surface area contributed by atoms with Crippen LogP contribution < -0.4 is 4.72 Å². The van der Waals surface area contributed by atoms with E-state index in [4.69, 9.17) is 4.99 Å². The first kappa shape index (κ1) is 16.9. The Balaban J connectivity index is 1.88. The van der Waals surface area contributed by atoms with E-state index in [1.807, 2.05) is 0 Å². The molecule has 1 aliphatic rings. The fourth-order valence-corrected chi connectivity index (χ4v) is 6.04. The highest BCUT2D eigenvalue weighted by Gasteiger charge is 2.30. The Labute approximate surface area is 135 Å². The molecule has 0 bridgehead atoms. The van der Waals surface area contributed by atoms with Gasteiger partial charge in [0.25, 0.3) is 0 Å². The van der Waals surface area contributed by atoms with Crippen LogP contribution in [0, 0.1) is 5.41 Å². The molecule has 1 N–H and O–H groups in total. The molecular weight excluding hydrogens is 296 g/mol. The van der Waals surface area contributed by atoms with Gasteiger partial charge < -0.3 is 0 Å². The number of nitrogens with zero attached hydrogens (tertiary/aromatic N) is 1. The number of nitrogens with one attached hydrogen (secondary N) is 1. The number of para-hydroxylation sites is 1. The fourth-order valence-electron chi connectivity index (χ4n) is 2.72. The maximum absolute atomic E-state index is 4.83. The topological polar surface area (TPSA) is 24.4 Å². The summed E-state index contributed by atoms with van der Waals surface area (Å²) in [6.45, 7) is 8.03. The van der Waals surface area contributed by atoms with Gasteiger partial charge in [0, 0.05) is 11.4 Å². The van der Waals surface area contributed by atoms with Crippen LogP contribution in [0.2, 0.25) is 0 Å². The number of rotatable bonds is 6. The molecule has 0 unspecified atom stereocenters. The van der Waals surface area contributed by atoms with Crippen molar-refractivity contribution in [1.29, 1.82) is 0 Å². The van der Waals surface area contributed by atoms with E-state index in [1.54, 1.807) is 11.9 Å². The maximum atomic E-state index is 4.83. The van der Waals surface area contributed by atoms with E-state index in [-0.39, 0.29) is 0 Å². The lowest BCUT2D eigenvalue weighted by Gasteiger charge is -2.28. The van der Waals surface area contributed by atoms with Gasteiger partial charge in [0.2, 0.25) is 0 Å². The third kappa shape index (κ3) is 4.05. The van der Waals surface area contributed by atoms with E-state index in [0.29, 0.717) is 5.41 Å². The predicted molar refractivity (Wildman–Crippen MR) is 100 cm³/mol. The molecule has 0 aromatic heterocycles. The van der Waals surface area contributed by atoms with Crippen molar-refractivity contribution >= 4 is 32.0 Å². The molecule has 0 aliphatic carbocycles. The van der Waals surface area contributed by atoms with Crippen molar-refractivity contribution < 1.29 is 0 Å². The summed E-state index contributed by atoms with van der Waals surface area (Å²) < 4.78 is 4.80. The van der Waals surface area contributed by atoms with Crippen LogP contribution in [0.4, 0.5) is 5.69 Å². The van der Waals surface area contributed by atoms with Crippen molar-refractivity contribution in [2.75, 3.05) is 19.1 Å². The van der Waals surface area contributed by atoms with E-state index in [9.17, 15) is 0 Å². The molecule has 0 saturated carbocycles. The number of hydrogen-bond donors (Lipinski definition) is 1. The molecule has 0 spiro atoms. The molecule has 21 heavy (non-hydrogen) atoms. The van der Waals surface area contributed by atoms with Gasteiger partial charge in [-0.2, -0.15) is 10.0 Å². The summed E-state index contributed by atoms with van der Waals surface area (Å²) in [6, 6.07) is 8.55. The molecule has 0 fully saturated rings. The van der Waals surface area contributed by atoms with Gasteiger partial charge in [-0.1, -0.05) is 39.3 Å². The minimum atomic E-state index is -0.922. The summed E-state index contributed by atoms with van der Waals surface area (Å²) in [5.74, 6) is 0. The molecule has 1 aromatic rings. The molecule has 1 aliphatic heterocycles. The predicted octanol–water partition coefficient (Wildman–Crippen LogP) is 5.57. The van der Waals surface area contributed by atoms with Gasteiger partial charge in [-0.05, 0) is 54.8 Å². The highest BCUT2D eigenvalue weighted by Crippen LogP contribution is 2.61. The van der Waals surface area contributed by atoms with Crippen molar-refractivity contribution in [2.45, 2.75) is 44.9 Å². The third-order valence-corrected chi connectivity index (χ3v) is 8.58. The number of fused-ring (bicyclic) bond motifs is 1. The lowest BCUT2D eigenvalue weighted by atomic mass is 9.85. The van der Waals surface area contributed by atoms with Gasteiger partial charge in [-0.15, -0.1) is 0 Å². The van der Waals surface area contributed by atoms with Gasteiger partial charge in [0.1, 0.15) is 4.38 Å². The lowest BCUT2D eigenvalue weighted by Crippen LogP contribution is -2.20. The molecule has 2 nitrogen and oxygen atoms in total. The molecule has 118 valence electrons. The Morgan fingerprint density at radius 3 is 2.57 bits per heavy atom. The zero-order valence-corrected chi connectivity index (χ0v) is 15.5. The maximum Gasteiger partial charge on any atom is 0.132 e. The zero-order valence-electron chi connectivity index (χ0n) is 13.9. The highest BCUT2D eigenvalue weighted by molar-refractivity contribution is 8.57. The molecule has 0 saturated heterocycles. The van der Waals surface area contributed by atoms with Gasteiger partial charge >= 0.3 is 0 Å². The van der Waals surface area contributed by atoms with Crippen molar-refractivity contribution in [2.24, 2.45) is 10.4 Å². The minimum absolute atomic E-state index is 0.436. The normalized spacial score (nSPS) is 18.2. The van der Waals surface area contributed by atoms with Crippen LogP contribution in [-0.4, -0.2) is 23.4 Å². The molecule has 0 amide bonds. The molecule has 0 atom stereocenters. The van der Waals surface area contributed by atoms with Crippen molar-refractivity contribution in [3.05, 3.63) is 24.3 Å². The summed E-state index contributed by atoms with van der Waals surface area (Å²) in [5.41, 5.74) is 1.60. The Hall–Kier alpha value is -0.450. The first-order chi connectivity index (χ1) is 9.87. The largest absolute Gasteiger partial charge is 0.258 e. The highest BCUT2D eigenvalue weighted by atomic mass is 32.3. The average molecular weight is 325 g/mol. The Kier molecular flexibility index (Phi) is 5.44. The summed E-state index contributed by atoms with van der Waals surface area (Å²) in [6.07, 6.45) is 8.45. The SMILES string of the molecule is CCCC(C)(C)CCNSC1=Nc2ccccc2S1(C)C. The van der Waals surface area contributed by atoms with Gasteiger partial charge in [0.15, 0.2) is 0 Å². The van der Waals surface area contributed by atoms with Crippen molar-refractivity contribution in [1.82, 2.24) is 4.72 Å². The zero-order chi connectivity index (χ0) is 15.5. The average Bonchev–Trinajstić information content (AvgIpc) is 2.67.